The van der Waals surface area contributed by atoms with Gasteiger partial charge in [0.05, 0.1) is 0 Å². The molecule has 4 nitrogen and oxygen atoms in total. The molecular weight excluding hydrogens is 370 g/mol. The fraction of sp³-hybridized carbons (Fsp3) is 0.294. The topological polar surface area (TPSA) is 40.6 Å². The van der Waals surface area contributed by atoms with E-state index in [0.29, 0.717) is 32.7 Å². The van der Waals surface area contributed by atoms with Crippen molar-refractivity contribution in [3.63, 3.8) is 0 Å². The van der Waals surface area contributed by atoms with E-state index in [9.17, 15) is 17.2 Å². The number of rotatable bonds is 4. The highest BCUT2D eigenvalue weighted by Gasteiger charge is 2.30. The summed E-state index contributed by atoms with van der Waals surface area (Å²) < 4.78 is 53.1. The van der Waals surface area contributed by atoms with Gasteiger partial charge in [-0.3, -0.25) is 4.90 Å². The number of hydrogen-bond donors (Lipinski definition) is 0. The highest BCUT2D eigenvalue weighted by molar-refractivity contribution is 7.89. The molecule has 2 aromatic rings. The van der Waals surface area contributed by atoms with E-state index in [4.69, 9.17) is 0 Å². The molecule has 25 heavy (non-hydrogen) atoms. The van der Waals surface area contributed by atoms with Crippen molar-refractivity contribution in [1.82, 2.24) is 9.21 Å². The van der Waals surface area contributed by atoms with Crippen LogP contribution in [0.25, 0.3) is 0 Å². The molecule has 0 spiro atoms. The molecule has 0 aliphatic carbocycles. The Balaban J connectivity index is 0.00000225. The zero-order chi connectivity index (χ0) is 17.2. The van der Waals surface area contributed by atoms with Crippen molar-refractivity contribution in [2.75, 3.05) is 26.2 Å². The normalized spacial score (nSPS) is 16.4. The Labute approximate surface area is 152 Å². The standard InChI is InChI=1S/C17H18F2N2O2S.ClH/c18-15-7-5-14(6-8-15)13-20-9-11-21(12-10-20)24(22,23)17-4-2-1-3-16(17)19;/h1-8H,9-13H2;1H. The third-order valence-corrected chi connectivity index (χ3v) is 6.04. The summed E-state index contributed by atoms with van der Waals surface area (Å²) in [6, 6.07) is 11.7. The number of benzene rings is 2. The lowest BCUT2D eigenvalue weighted by Crippen LogP contribution is -2.48. The summed E-state index contributed by atoms with van der Waals surface area (Å²) in [7, 11) is -3.81. The zero-order valence-electron chi connectivity index (χ0n) is 13.4. The van der Waals surface area contributed by atoms with Crippen molar-refractivity contribution in [2.45, 2.75) is 11.4 Å². The molecule has 0 bridgehead atoms. The van der Waals surface area contributed by atoms with Crippen LogP contribution in [0.5, 0.6) is 0 Å². The second-order valence-electron chi connectivity index (χ2n) is 5.74. The van der Waals surface area contributed by atoms with E-state index < -0.39 is 15.8 Å². The van der Waals surface area contributed by atoms with Crippen LogP contribution in [0.4, 0.5) is 8.78 Å². The molecule has 0 atom stereocenters. The minimum atomic E-state index is -3.81. The summed E-state index contributed by atoms with van der Waals surface area (Å²) in [5, 5.41) is 0. The first-order valence-electron chi connectivity index (χ1n) is 7.68. The maximum atomic E-state index is 13.8. The molecule has 3 rings (SSSR count). The van der Waals surface area contributed by atoms with Crippen LogP contribution in [0.2, 0.25) is 0 Å². The fourth-order valence-corrected chi connectivity index (χ4v) is 4.26. The number of halogens is 3. The average molecular weight is 389 g/mol. The van der Waals surface area contributed by atoms with E-state index in [0.717, 1.165) is 11.6 Å². The zero-order valence-corrected chi connectivity index (χ0v) is 15.1. The molecule has 8 heteroatoms. The Morgan fingerprint density at radius 3 is 2.08 bits per heavy atom. The molecule has 2 aromatic carbocycles. The summed E-state index contributed by atoms with van der Waals surface area (Å²) in [4.78, 5) is 1.82. The van der Waals surface area contributed by atoms with Crippen LogP contribution in [-0.4, -0.2) is 43.8 Å². The van der Waals surface area contributed by atoms with E-state index in [1.807, 2.05) is 0 Å². The molecule has 0 N–H and O–H groups in total. The van der Waals surface area contributed by atoms with Crippen LogP contribution in [-0.2, 0) is 16.6 Å². The van der Waals surface area contributed by atoms with Gasteiger partial charge in [0, 0.05) is 32.7 Å². The van der Waals surface area contributed by atoms with Gasteiger partial charge in [0.2, 0.25) is 10.0 Å². The summed E-state index contributed by atoms with van der Waals surface area (Å²) in [6.45, 7) is 2.33. The molecule has 0 amide bonds. The Bertz CT molecular complexity index is 808. The highest BCUT2D eigenvalue weighted by Crippen LogP contribution is 2.21. The summed E-state index contributed by atoms with van der Waals surface area (Å²) in [5.74, 6) is -1.01. The highest BCUT2D eigenvalue weighted by atomic mass is 35.5. The number of piperazine rings is 1. The van der Waals surface area contributed by atoms with Gasteiger partial charge >= 0.3 is 0 Å². The van der Waals surface area contributed by atoms with Crippen LogP contribution in [0, 0.1) is 11.6 Å². The molecule has 0 unspecified atom stereocenters. The van der Waals surface area contributed by atoms with Crippen LogP contribution in [0.15, 0.2) is 53.4 Å². The van der Waals surface area contributed by atoms with Crippen molar-refractivity contribution in [2.24, 2.45) is 0 Å². The number of nitrogens with zero attached hydrogens (tertiary/aromatic N) is 2. The van der Waals surface area contributed by atoms with Gasteiger partial charge in [-0.2, -0.15) is 4.31 Å². The maximum absolute atomic E-state index is 13.8. The first-order valence-corrected chi connectivity index (χ1v) is 9.12. The summed E-state index contributed by atoms with van der Waals surface area (Å²) in [5.41, 5.74) is 0.974. The van der Waals surface area contributed by atoms with Gasteiger partial charge in [0.1, 0.15) is 16.5 Å². The molecule has 1 fully saturated rings. The molecule has 136 valence electrons. The molecule has 0 saturated carbocycles. The molecule has 0 radical (unpaired) electrons. The second-order valence-corrected chi connectivity index (χ2v) is 7.64. The first-order chi connectivity index (χ1) is 11.5. The van der Waals surface area contributed by atoms with Crippen LogP contribution in [0.1, 0.15) is 5.56 Å². The maximum Gasteiger partial charge on any atom is 0.246 e. The van der Waals surface area contributed by atoms with E-state index >= 15 is 0 Å². The Hall–Kier alpha value is -1.54. The van der Waals surface area contributed by atoms with E-state index in [2.05, 4.69) is 4.90 Å². The second kappa shape index (κ2) is 8.23. The molecular formula is C17H19ClF2N2O2S. The minimum absolute atomic E-state index is 0. The van der Waals surface area contributed by atoms with Gasteiger partial charge in [-0.05, 0) is 29.8 Å². The van der Waals surface area contributed by atoms with E-state index in [1.54, 1.807) is 12.1 Å². The van der Waals surface area contributed by atoms with Gasteiger partial charge in [-0.25, -0.2) is 17.2 Å². The van der Waals surface area contributed by atoms with Gasteiger partial charge in [0.15, 0.2) is 0 Å². The Morgan fingerprint density at radius 1 is 0.880 bits per heavy atom. The van der Waals surface area contributed by atoms with Crippen LogP contribution < -0.4 is 0 Å². The van der Waals surface area contributed by atoms with Crippen molar-refractivity contribution in [1.29, 1.82) is 0 Å². The smallest absolute Gasteiger partial charge is 0.246 e. The summed E-state index contributed by atoms with van der Waals surface area (Å²) >= 11 is 0. The SMILES string of the molecule is Cl.O=S(=O)(c1ccccc1F)N1CCN(Cc2ccc(F)cc2)CC1. The molecule has 1 aliphatic heterocycles. The average Bonchev–Trinajstić information content (AvgIpc) is 2.58. The van der Waals surface area contributed by atoms with Crippen molar-refractivity contribution in [3.8, 4) is 0 Å². The van der Waals surface area contributed by atoms with Gasteiger partial charge in [-0.15, -0.1) is 12.4 Å². The largest absolute Gasteiger partial charge is 0.296 e. The predicted octanol–water partition coefficient (Wildman–Crippen LogP) is 2.89. The number of hydrogen-bond acceptors (Lipinski definition) is 3. The lowest BCUT2D eigenvalue weighted by atomic mass is 10.2. The molecule has 1 aliphatic rings. The molecule has 1 saturated heterocycles. The van der Waals surface area contributed by atoms with Crippen molar-refractivity contribution < 1.29 is 17.2 Å². The van der Waals surface area contributed by atoms with Crippen LogP contribution >= 0.6 is 12.4 Å². The number of sulfonamides is 1. The predicted molar refractivity (Wildman–Crippen MR) is 94.1 cm³/mol. The van der Waals surface area contributed by atoms with Crippen LogP contribution in [0.3, 0.4) is 0 Å². The third-order valence-electron chi connectivity index (χ3n) is 4.11. The van der Waals surface area contributed by atoms with Gasteiger partial charge < -0.3 is 0 Å². The van der Waals surface area contributed by atoms with E-state index in [1.165, 1.54) is 34.6 Å². The first kappa shape index (κ1) is 19.8. The molecule has 0 aromatic heterocycles. The van der Waals surface area contributed by atoms with Crippen molar-refractivity contribution >= 4 is 22.4 Å². The quantitative estimate of drug-likeness (QED) is 0.808. The molecule has 1 heterocycles. The van der Waals surface area contributed by atoms with Gasteiger partial charge in [-0.1, -0.05) is 24.3 Å². The lowest BCUT2D eigenvalue weighted by molar-refractivity contribution is 0.181. The van der Waals surface area contributed by atoms with E-state index in [-0.39, 0.29) is 23.1 Å². The van der Waals surface area contributed by atoms with Crippen molar-refractivity contribution in [3.05, 3.63) is 65.7 Å². The lowest BCUT2D eigenvalue weighted by Gasteiger charge is -2.34. The monoisotopic (exact) mass is 388 g/mol. The Morgan fingerprint density at radius 2 is 1.48 bits per heavy atom. The summed E-state index contributed by atoms with van der Waals surface area (Å²) in [6.07, 6.45) is 0. The van der Waals surface area contributed by atoms with Gasteiger partial charge in [0.25, 0.3) is 0 Å². The minimum Gasteiger partial charge on any atom is -0.296 e. The fourth-order valence-electron chi connectivity index (χ4n) is 2.77. The third kappa shape index (κ3) is 4.55. The Kier molecular flexibility index (Phi) is 6.51.